The van der Waals surface area contributed by atoms with Gasteiger partial charge in [-0.05, 0) is 101 Å². The molecule has 0 radical (unpaired) electrons. The second-order valence-corrected chi connectivity index (χ2v) is 19.9. The van der Waals surface area contributed by atoms with Gasteiger partial charge in [0.25, 0.3) is 0 Å². The number of halogens is 6. The highest BCUT2D eigenvalue weighted by Gasteiger charge is 2.63. The van der Waals surface area contributed by atoms with Gasteiger partial charge in [-0.3, -0.25) is 5.32 Å². The minimum Gasteiger partial charge on any atom is -0.497 e. The number of methoxy groups -OCH3 is 2. The van der Waals surface area contributed by atoms with Crippen molar-refractivity contribution in [3.05, 3.63) is 112 Å². The second kappa shape index (κ2) is 19.4. The topological polar surface area (TPSA) is 143 Å². The number of nitrogens with zero attached hydrogens (tertiary/aromatic N) is 6. The molecule has 380 valence electrons. The average Bonchev–Trinajstić information content (AvgIpc) is 3.82. The molecule has 10 rings (SSSR count). The second-order valence-electron chi connectivity index (χ2n) is 19.5. The largest absolute Gasteiger partial charge is 0.497 e. The summed E-state index contributed by atoms with van der Waals surface area (Å²) < 4.78 is 113. The molecule has 2 bridgehead atoms. The van der Waals surface area contributed by atoms with Gasteiger partial charge in [-0.25, -0.2) is 23.5 Å². The third-order valence-electron chi connectivity index (χ3n) is 13.1. The van der Waals surface area contributed by atoms with E-state index in [0.29, 0.717) is 29.9 Å². The molecule has 3 aromatic heterocycles. The number of aryl methyl sites for hydroxylation is 1. The highest BCUT2D eigenvalue weighted by atomic mass is 35.5. The van der Waals surface area contributed by atoms with Crippen molar-refractivity contribution in [2.45, 2.75) is 84.0 Å². The molecule has 1 atom stereocenters. The zero-order valence-electron chi connectivity index (χ0n) is 40.7. The van der Waals surface area contributed by atoms with E-state index in [2.05, 4.69) is 20.3 Å². The maximum Gasteiger partial charge on any atom is 0.418 e. The fourth-order valence-corrected chi connectivity index (χ4v) is 10.1. The summed E-state index contributed by atoms with van der Waals surface area (Å²) in [4.78, 5) is 35.0. The van der Waals surface area contributed by atoms with Crippen molar-refractivity contribution in [3.63, 3.8) is 0 Å². The first-order valence-electron chi connectivity index (χ1n) is 23.2. The molecule has 1 saturated carbocycles. The first kappa shape index (κ1) is 50.2. The van der Waals surface area contributed by atoms with Crippen LogP contribution in [0.3, 0.4) is 0 Å². The molecular weight excluding hydrogens is 965 g/mol. The van der Waals surface area contributed by atoms with Crippen molar-refractivity contribution in [1.29, 1.82) is 0 Å². The summed E-state index contributed by atoms with van der Waals surface area (Å²) in [6.45, 7) is 8.09. The summed E-state index contributed by atoms with van der Waals surface area (Å²) in [6, 6.07) is 18.1. The Bertz CT molecular complexity index is 2960. The van der Waals surface area contributed by atoms with Crippen LogP contribution in [-0.2, 0) is 28.7 Å². The molecule has 14 nitrogen and oxygen atoms in total. The van der Waals surface area contributed by atoms with E-state index in [1.54, 1.807) is 88.1 Å². The molecule has 72 heavy (non-hydrogen) atoms. The number of anilines is 3. The average molecular weight is 1020 g/mol. The first-order chi connectivity index (χ1) is 34.2. The molecule has 20 heteroatoms. The number of benzene rings is 3. The van der Waals surface area contributed by atoms with Crippen LogP contribution in [0.4, 0.5) is 44.2 Å². The Balaban J connectivity index is 1.21. The van der Waals surface area contributed by atoms with Crippen LogP contribution in [0.5, 0.6) is 23.3 Å². The number of rotatable bonds is 15. The van der Waals surface area contributed by atoms with E-state index in [-0.39, 0.29) is 79.6 Å². The van der Waals surface area contributed by atoms with Gasteiger partial charge in [0.2, 0.25) is 0 Å². The Kier molecular flexibility index (Phi) is 13.5. The van der Waals surface area contributed by atoms with Crippen molar-refractivity contribution >= 4 is 46.1 Å². The van der Waals surface area contributed by atoms with Gasteiger partial charge in [0.05, 0.1) is 72.9 Å². The summed E-state index contributed by atoms with van der Waals surface area (Å²) in [7, 11) is 3.08. The van der Waals surface area contributed by atoms with E-state index in [9.17, 15) is 9.18 Å². The fraction of sp³-hybridized carbons (Fsp3) is 0.404. The molecule has 3 aromatic carbocycles. The number of ether oxygens (including phenoxy) is 6. The molecule has 0 unspecified atom stereocenters. The fourth-order valence-electron chi connectivity index (χ4n) is 9.80. The van der Waals surface area contributed by atoms with Gasteiger partial charge in [0.1, 0.15) is 53.4 Å². The zero-order chi connectivity index (χ0) is 51.3. The van der Waals surface area contributed by atoms with Crippen molar-refractivity contribution in [1.82, 2.24) is 19.9 Å². The van der Waals surface area contributed by atoms with E-state index in [1.807, 2.05) is 24.3 Å². The molecule has 6 heterocycles. The number of amides is 1. The maximum absolute atomic E-state index is 18.2. The summed E-state index contributed by atoms with van der Waals surface area (Å²) >= 11 is 7.22. The van der Waals surface area contributed by atoms with E-state index in [1.165, 1.54) is 19.2 Å². The van der Waals surface area contributed by atoms with Crippen molar-refractivity contribution < 1.29 is 55.2 Å². The van der Waals surface area contributed by atoms with Gasteiger partial charge in [0.15, 0.2) is 11.6 Å². The lowest BCUT2D eigenvalue weighted by Gasteiger charge is -2.42. The number of aromatic nitrogens is 4. The van der Waals surface area contributed by atoms with Crippen LogP contribution in [0.2, 0.25) is 5.02 Å². The molecule has 6 aromatic rings. The summed E-state index contributed by atoms with van der Waals surface area (Å²) in [6.07, 6.45) is -3.53. The van der Waals surface area contributed by atoms with Crippen molar-refractivity contribution in [3.8, 4) is 34.5 Å². The Morgan fingerprint density at radius 3 is 2.21 bits per heavy atom. The number of alkyl halides is 4. The van der Waals surface area contributed by atoms with Crippen LogP contribution in [0.1, 0.15) is 74.4 Å². The van der Waals surface area contributed by atoms with Gasteiger partial charge in [-0.1, -0.05) is 41.9 Å². The normalized spacial score (nSPS) is 18.7. The quantitative estimate of drug-likeness (QED) is 0.0976. The lowest BCUT2D eigenvalue weighted by molar-refractivity contribution is -0.137. The number of fused-ring (bicyclic) bond motifs is 1. The van der Waals surface area contributed by atoms with Gasteiger partial charge in [-0.2, -0.15) is 23.1 Å². The standard InChI is InChI=1S/C52H53ClF5N7O7/c1-29-21-36(64(22-31-10-14-33(67-6)15-11-31)23-32-12-16-34(68-7)17-13-32)60-42(39(29)52(56,57)58)37-40(53)44-38-43(41(37)55)61-47(70-27-50-24-51(25-50,26-54)71-28-50)63-46(38)65(19-20-69-44)30(2)35-9-8-18-59-45(35)62-48(66)72-49(3,4)5/h8-18,21,30H,19-20,22-28H2,1-7H3,(H,59,62,66)/t30-,50?,51?/m1/s1. The van der Waals surface area contributed by atoms with Gasteiger partial charge in [0, 0.05) is 30.3 Å². The van der Waals surface area contributed by atoms with Gasteiger partial charge >= 0.3 is 18.3 Å². The molecule has 1 amide bonds. The minimum absolute atomic E-state index is 0.0214. The minimum atomic E-state index is -5.05. The summed E-state index contributed by atoms with van der Waals surface area (Å²) in [5, 5.41) is 2.18. The molecular formula is C52H53ClF5N7O7. The van der Waals surface area contributed by atoms with E-state index in [4.69, 9.17) is 45.0 Å². The van der Waals surface area contributed by atoms with Crippen LogP contribution in [0.25, 0.3) is 22.2 Å². The Hall–Kier alpha value is -6.73. The molecule has 2 saturated heterocycles. The number of carbonyl (C=O) groups is 1. The van der Waals surface area contributed by atoms with Crippen LogP contribution in [0.15, 0.2) is 72.9 Å². The molecule has 4 aliphatic rings. The van der Waals surface area contributed by atoms with Crippen LogP contribution < -0.4 is 34.1 Å². The summed E-state index contributed by atoms with van der Waals surface area (Å²) in [5.74, 6) is 0.123. The van der Waals surface area contributed by atoms with E-state index in [0.717, 1.165) is 11.1 Å². The lowest BCUT2D eigenvalue weighted by atomic mass is 9.63. The lowest BCUT2D eigenvalue weighted by Crippen LogP contribution is -2.48. The molecule has 3 fully saturated rings. The zero-order valence-corrected chi connectivity index (χ0v) is 41.4. The van der Waals surface area contributed by atoms with E-state index >= 15 is 17.6 Å². The van der Waals surface area contributed by atoms with E-state index < -0.39 is 74.8 Å². The van der Waals surface area contributed by atoms with Crippen LogP contribution in [0, 0.1) is 18.2 Å². The molecule has 1 aliphatic carbocycles. The first-order valence-corrected chi connectivity index (χ1v) is 23.6. The highest BCUT2D eigenvalue weighted by molar-refractivity contribution is 6.36. The smallest absolute Gasteiger partial charge is 0.418 e. The predicted octanol–water partition coefficient (Wildman–Crippen LogP) is 11.6. The third kappa shape index (κ3) is 9.92. The Morgan fingerprint density at radius 1 is 0.972 bits per heavy atom. The van der Waals surface area contributed by atoms with Crippen LogP contribution in [-0.4, -0.2) is 84.5 Å². The number of carbonyl (C=O) groups excluding carboxylic acids is 1. The van der Waals surface area contributed by atoms with Crippen molar-refractivity contribution in [2.24, 2.45) is 5.41 Å². The highest BCUT2D eigenvalue weighted by Crippen LogP contribution is 2.58. The Labute approximate surface area is 417 Å². The predicted molar refractivity (Wildman–Crippen MR) is 261 cm³/mol. The number of hydrogen-bond donors (Lipinski definition) is 1. The monoisotopic (exact) mass is 1020 g/mol. The number of nitrogens with one attached hydrogen (secondary N) is 1. The van der Waals surface area contributed by atoms with Gasteiger partial charge < -0.3 is 38.2 Å². The molecule has 3 aliphatic heterocycles. The van der Waals surface area contributed by atoms with Gasteiger partial charge in [-0.15, -0.1) is 0 Å². The molecule has 1 N–H and O–H groups in total. The number of hydrogen-bond acceptors (Lipinski definition) is 13. The van der Waals surface area contributed by atoms with Crippen molar-refractivity contribution in [2.75, 3.05) is 62.4 Å². The Morgan fingerprint density at radius 2 is 1.62 bits per heavy atom. The SMILES string of the molecule is COc1ccc(CN(Cc2ccc(OC)cc2)c2cc(C)c(C(F)(F)F)c(-c3c(Cl)c4c5c(nc(OCC67COC(CF)(C6)C7)nc5c3F)N([C@H](C)c3cccnc3NC(=O)OC(C)(C)C)CCO4)n2)cc1. The summed E-state index contributed by atoms with van der Waals surface area (Å²) in [5.41, 5.74) is -3.62. The third-order valence-corrected chi connectivity index (χ3v) is 13.5. The molecule has 0 spiro atoms. The number of pyridine rings is 2. The van der Waals surface area contributed by atoms with Crippen LogP contribution >= 0.6 is 11.6 Å². The maximum atomic E-state index is 18.2.